The molecule has 0 radical (unpaired) electrons. The average Bonchev–Trinajstić information content (AvgIpc) is 2.79. The van der Waals surface area contributed by atoms with E-state index in [1.165, 1.54) is 0 Å². The Balaban J connectivity index is 1.77. The minimum Gasteiger partial charge on any atom is -0.381 e. The number of hydrogen-bond donors (Lipinski definition) is 1. The highest BCUT2D eigenvalue weighted by atomic mass is 35.5. The Morgan fingerprint density at radius 1 is 1.25 bits per heavy atom. The van der Waals surface area contributed by atoms with Gasteiger partial charge >= 0.3 is 0 Å². The first-order chi connectivity index (χ1) is 9.61. The largest absolute Gasteiger partial charge is 0.381 e. The molecular formula is C15H15ClN4. The van der Waals surface area contributed by atoms with Crippen LogP contribution in [0.4, 0.5) is 5.69 Å². The van der Waals surface area contributed by atoms with Crippen LogP contribution in [-0.4, -0.2) is 14.6 Å². The van der Waals surface area contributed by atoms with Crippen LogP contribution in [0.3, 0.4) is 0 Å². The van der Waals surface area contributed by atoms with E-state index in [-0.39, 0.29) is 0 Å². The number of hydrogen-bond acceptors (Lipinski definition) is 3. The lowest BCUT2D eigenvalue weighted by atomic mass is 10.2. The molecule has 20 heavy (non-hydrogen) atoms. The molecule has 0 aliphatic heterocycles. The van der Waals surface area contributed by atoms with E-state index in [0.29, 0.717) is 6.54 Å². The van der Waals surface area contributed by atoms with Gasteiger partial charge in [0.25, 0.3) is 0 Å². The molecule has 102 valence electrons. The molecule has 5 heteroatoms. The van der Waals surface area contributed by atoms with Crippen molar-refractivity contribution in [2.75, 3.05) is 5.32 Å². The van der Waals surface area contributed by atoms with E-state index in [1.54, 1.807) is 4.52 Å². The Hall–Kier alpha value is -2.07. The molecule has 4 nitrogen and oxygen atoms in total. The average molecular weight is 287 g/mol. The first-order valence-electron chi connectivity index (χ1n) is 6.43. The lowest BCUT2D eigenvalue weighted by Gasteiger charge is -2.08. The third-order valence-corrected chi connectivity index (χ3v) is 3.56. The van der Waals surface area contributed by atoms with Crippen LogP contribution < -0.4 is 5.32 Å². The van der Waals surface area contributed by atoms with Gasteiger partial charge in [0.05, 0.1) is 5.69 Å². The molecule has 2 heterocycles. The molecule has 0 aliphatic carbocycles. The number of rotatable bonds is 3. The number of anilines is 1. The SMILES string of the molecule is Cc1cc2ncc(CNc3ccc(C)c(Cl)c3)cn2n1. The van der Waals surface area contributed by atoms with Gasteiger partial charge in [-0.15, -0.1) is 0 Å². The molecule has 0 bridgehead atoms. The molecule has 1 aromatic carbocycles. The van der Waals surface area contributed by atoms with Crippen molar-refractivity contribution in [3.63, 3.8) is 0 Å². The van der Waals surface area contributed by atoms with Crippen LogP contribution >= 0.6 is 11.6 Å². The van der Waals surface area contributed by atoms with Crippen molar-refractivity contribution in [3.05, 3.63) is 58.5 Å². The Morgan fingerprint density at radius 2 is 2.10 bits per heavy atom. The predicted octanol–water partition coefficient (Wildman–Crippen LogP) is 3.61. The van der Waals surface area contributed by atoms with Gasteiger partial charge in [-0.2, -0.15) is 5.10 Å². The molecule has 0 aliphatic rings. The van der Waals surface area contributed by atoms with Crippen molar-refractivity contribution in [1.29, 1.82) is 0 Å². The Bertz CT molecular complexity index is 764. The lowest BCUT2D eigenvalue weighted by molar-refractivity contribution is 0.895. The minimum atomic E-state index is 0.682. The Labute approximate surface area is 122 Å². The number of halogens is 1. The Morgan fingerprint density at radius 3 is 2.90 bits per heavy atom. The molecule has 2 aromatic heterocycles. The number of benzene rings is 1. The van der Waals surface area contributed by atoms with Crippen molar-refractivity contribution in [1.82, 2.24) is 14.6 Å². The van der Waals surface area contributed by atoms with E-state index in [1.807, 2.05) is 50.5 Å². The summed E-state index contributed by atoms with van der Waals surface area (Å²) in [6.07, 6.45) is 3.84. The van der Waals surface area contributed by atoms with Crippen LogP contribution in [-0.2, 0) is 6.54 Å². The molecule has 0 atom stereocenters. The van der Waals surface area contributed by atoms with E-state index in [2.05, 4.69) is 15.4 Å². The molecule has 0 fully saturated rings. The van der Waals surface area contributed by atoms with Crippen molar-refractivity contribution < 1.29 is 0 Å². The monoisotopic (exact) mass is 286 g/mol. The standard InChI is InChI=1S/C15H15ClN4/c1-10-3-4-13(6-14(10)16)17-7-12-8-18-15-5-11(2)19-20(15)9-12/h3-6,8-9,17H,7H2,1-2H3. The molecule has 0 saturated carbocycles. The van der Waals surface area contributed by atoms with Crippen LogP contribution in [0.2, 0.25) is 5.02 Å². The number of nitrogens with zero attached hydrogens (tertiary/aromatic N) is 3. The second-order valence-electron chi connectivity index (χ2n) is 4.87. The zero-order chi connectivity index (χ0) is 14.1. The molecule has 3 rings (SSSR count). The van der Waals surface area contributed by atoms with Gasteiger partial charge in [-0.25, -0.2) is 9.50 Å². The summed E-state index contributed by atoms with van der Waals surface area (Å²) >= 11 is 6.11. The van der Waals surface area contributed by atoms with Crippen LogP contribution in [0.1, 0.15) is 16.8 Å². The second-order valence-corrected chi connectivity index (χ2v) is 5.28. The highest BCUT2D eigenvalue weighted by Gasteiger charge is 2.02. The van der Waals surface area contributed by atoms with Gasteiger partial charge in [0.1, 0.15) is 0 Å². The summed E-state index contributed by atoms with van der Waals surface area (Å²) < 4.78 is 1.80. The van der Waals surface area contributed by atoms with Gasteiger partial charge in [-0.05, 0) is 31.5 Å². The summed E-state index contributed by atoms with van der Waals surface area (Å²) in [5, 5.41) is 8.46. The third-order valence-electron chi connectivity index (χ3n) is 3.16. The minimum absolute atomic E-state index is 0.682. The summed E-state index contributed by atoms with van der Waals surface area (Å²) in [6, 6.07) is 7.91. The summed E-state index contributed by atoms with van der Waals surface area (Å²) in [5.41, 5.74) is 4.97. The fourth-order valence-corrected chi connectivity index (χ4v) is 2.21. The van der Waals surface area contributed by atoms with Gasteiger partial charge in [0.15, 0.2) is 5.65 Å². The number of aromatic nitrogens is 3. The second kappa shape index (κ2) is 5.13. The topological polar surface area (TPSA) is 42.2 Å². The summed E-state index contributed by atoms with van der Waals surface area (Å²) in [6.45, 7) is 4.63. The molecule has 3 aromatic rings. The number of fused-ring (bicyclic) bond motifs is 1. The fraction of sp³-hybridized carbons (Fsp3) is 0.200. The van der Waals surface area contributed by atoms with Crippen LogP contribution in [0, 0.1) is 13.8 Å². The Kier molecular flexibility index (Phi) is 3.32. The smallest absolute Gasteiger partial charge is 0.155 e. The van der Waals surface area contributed by atoms with Crippen molar-refractivity contribution >= 4 is 22.9 Å². The van der Waals surface area contributed by atoms with Gasteiger partial charge in [0, 0.05) is 41.3 Å². The number of nitrogens with one attached hydrogen (secondary N) is 1. The summed E-state index contributed by atoms with van der Waals surface area (Å²) in [4.78, 5) is 4.38. The van der Waals surface area contributed by atoms with Crippen LogP contribution in [0.5, 0.6) is 0 Å². The van der Waals surface area contributed by atoms with Crippen molar-refractivity contribution in [2.45, 2.75) is 20.4 Å². The third kappa shape index (κ3) is 2.60. The van der Waals surface area contributed by atoms with Crippen molar-refractivity contribution in [2.24, 2.45) is 0 Å². The highest BCUT2D eigenvalue weighted by molar-refractivity contribution is 6.31. The van der Waals surface area contributed by atoms with E-state index in [0.717, 1.165) is 33.2 Å². The molecule has 0 amide bonds. The van der Waals surface area contributed by atoms with E-state index in [9.17, 15) is 0 Å². The maximum Gasteiger partial charge on any atom is 0.155 e. The van der Waals surface area contributed by atoms with E-state index >= 15 is 0 Å². The summed E-state index contributed by atoms with van der Waals surface area (Å²) in [7, 11) is 0. The zero-order valence-electron chi connectivity index (χ0n) is 11.4. The maximum absolute atomic E-state index is 6.11. The molecule has 0 spiro atoms. The fourth-order valence-electron chi connectivity index (χ4n) is 2.03. The zero-order valence-corrected chi connectivity index (χ0v) is 12.1. The van der Waals surface area contributed by atoms with E-state index in [4.69, 9.17) is 11.6 Å². The summed E-state index contributed by atoms with van der Waals surface area (Å²) in [5.74, 6) is 0. The van der Waals surface area contributed by atoms with E-state index < -0.39 is 0 Å². The quantitative estimate of drug-likeness (QED) is 0.800. The highest BCUT2D eigenvalue weighted by Crippen LogP contribution is 2.20. The molecule has 1 N–H and O–H groups in total. The molecule has 0 saturated heterocycles. The predicted molar refractivity (Wildman–Crippen MR) is 81.2 cm³/mol. The molecular weight excluding hydrogens is 272 g/mol. The normalized spacial score (nSPS) is 10.9. The van der Waals surface area contributed by atoms with Gasteiger partial charge in [0.2, 0.25) is 0 Å². The van der Waals surface area contributed by atoms with Crippen LogP contribution in [0.25, 0.3) is 5.65 Å². The van der Waals surface area contributed by atoms with Gasteiger partial charge in [-0.1, -0.05) is 17.7 Å². The maximum atomic E-state index is 6.11. The first kappa shape index (κ1) is 12.9. The molecule has 0 unspecified atom stereocenters. The van der Waals surface area contributed by atoms with Gasteiger partial charge in [-0.3, -0.25) is 0 Å². The first-order valence-corrected chi connectivity index (χ1v) is 6.80. The van der Waals surface area contributed by atoms with Crippen LogP contribution in [0.15, 0.2) is 36.7 Å². The van der Waals surface area contributed by atoms with Crippen molar-refractivity contribution in [3.8, 4) is 0 Å². The number of aryl methyl sites for hydroxylation is 2. The van der Waals surface area contributed by atoms with Gasteiger partial charge < -0.3 is 5.32 Å². The lowest BCUT2D eigenvalue weighted by Crippen LogP contribution is -2.02.